The second kappa shape index (κ2) is 8.03. The molecule has 3 rings (SSSR count). The van der Waals surface area contributed by atoms with Crippen LogP contribution < -0.4 is 14.4 Å². The van der Waals surface area contributed by atoms with Crippen molar-refractivity contribution in [1.29, 1.82) is 0 Å². The Morgan fingerprint density at radius 1 is 1.14 bits per heavy atom. The van der Waals surface area contributed by atoms with Crippen LogP contribution in [0.3, 0.4) is 0 Å². The Morgan fingerprint density at radius 3 is 2.54 bits per heavy atom. The first kappa shape index (κ1) is 20.5. The van der Waals surface area contributed by atoms with Crippen LogP contribution in [0.15, 0.2) is 40.9 Å². The summed E-state index contributed by atoms with van der Waals surface area (Å²) in [5, 5.41) is 0. The Kier molecular flexibility index (Phi) is 5.89. The minimum Gasteiger partial charge on any atom is -0.497 e. The maximum atomic E-state index is 13.2. The first-order valence-electron chi connectivity index (χ1n) is 9.26. The molecule has 0 saturated carbocycles. The van der Waals surface area contributed by atoms with E-state index in [1.807, 2.05) is 57.2 Å². The Morgan fingerprint density at radius 2 is 1.89 bits per heavy atom. The number of aryl methyl sites for hydroxylation is 1. The molecule has 0 aromatic heterocycles. The fourth-order valence-corrected chi connectivity index (χ4v) is 3.95. The molecular weight excluding hydrogens is 422 g/mol. The van der Waals surface area contributed by atoms with Crippen molar-refractivity contribution >= 4 is 27.7 Å². The van der Waals surface area contributed by atoms with Crippen molar-refractivity contribution in [3.8, 4) is 11.5 Å². The van der Waals surface area contributed by atoms with Crippen LogP contribution in [-0.2, 0) is 11.2 Å². The summed E-state index contributed by atoms with van der Waals surface area (Å²) in [5.74, 6) is 1.52. The number of rotatable bonds is 3. The minimum atomic E-state index is -0.586. The largest absolute Gasteiger partial charge is 0.497 e. The minimum absolute atomic E-state index is 0.141. The van der Waals surface area contributed by atoms with Gasteiger partial charge in [0.2, 0.25) is 0 Å². The van der Waals surface area contributed by atoms with Crippen LogP contribution in [0.5, 0.6) is 11.5 Å². The van der Waals surface area contributed by atoms with E-state index in [4.69, 9.17) is 14.2 Å². The summed E-state index contributed by atoms with van der Waals surface area (Å²) < 4.78 is 17.4. The molecule has 2 aromatic rings. The molecular formula is C22H26BrNO4. The number of anilines is 1. The summed E-state index contributed by atoms with van der Waals surface area (Å²) in [6.45, 7) is 5.63. The van der Waals surface area contributed by atoms with Crippen molar-refractivity contribution in [2.75, 3.05) is 19.1 Å². The first-order chi connectivity index (χ1) is 13.2. The highest BCUT2D eigenvalue weighted by Gasteiger charge is 2.36. The lowest BCUT2D eigenvalue weighted by Gasteiger charge is -2.38. The summed E-state index contributed by atoms with van der Waals surface area (Å²) >= 11 is 3.55. The van der Waals surface area contributed by atoms with Gasteiger partial charge in [-0.25, -0.2) is 4.79 Å². The van der Waals surface area contributed by atoms with Gasteiger partial charge in [0.1, 0.15) is 17.1 Å². The fraction of sp³-hybridized carbons (Fsp3) is 0.409. The summed E-state index contributed by atoms with van der Waals surface area (Å²) in [7, 11) is 3.28. The maximum absolute atomic E-state index is 13.2. The zero-order chi connectivity index (χ0) is 20.5. The lowest BCUT2D eigenvalue weighted by molar-refractivity contribution is 0.0559. The van der Waals surface area contributed by atoms with E-state index in [0.29, 0.717) is 0 Å². The summed E-state index contributed by atoms with van der Waals surface area (Å²) in [6, 6.07) is 11.6. The van der Waals surface area contributed by atoms with Crippen LogP contribution in [-0.4, -0.2) is 25.9 Å². The Hall–Kier alpha value is -2.21. The number of halogens is 1. The number of amides is 1. The van der Waals surface area contributed by atoms with Gasteiger partial charge in [-0.05, 0) is 84.9 Å². The Bertz CT molecular complexity index is 875. The van der Waals surface area contributed by atoms with Crippen molar-refractivity contribution in [2.45, 2.75) is 45.3 Å². The normalized spacial score (nSPS) is 16.4. The standard InChI is InChI=1S/C22H26BrNO4/c1-22(2,3)28-21(25)24-18(14-7-6-8-16(11-14)26-4)10-9-15-12-20(27-5)17(23)13-19(15)24/h6-8,11-13,18H,9-10H2,1-5H3. The molecule has 150 valence electrons. The third kappa shape index (κ3) is 4.27. The molecule has 0 saturated heterocycles. The highest BCUT2D eigenvalue weighted by Crippen LogP contribution is 2.43. The van der Waals surface area contributed by atoms with Gasteiger partial charge in [0.05, 0.1) is 30.4 Å². The van der Waals surface area contributed by atoms with Crippen molar-refractivity contribution in [3.63, 3.8) is 0 Å². The number of hydrogen-bond donors (Lipinski definition) is 0. The average Bonchev–Trinajstić information content (AvgIpc) is 2.65. The quantitative estimate of drug-likeness (QED) is 0.587. The smallest absolute Gasteiger partial charge is 0.415 e. The Balaban J connectivity index is 2.09. The number of ether oxygens (including phenoxy) is 3. The van der Waals surface area contributed by atoms with Crippen LogP contribution in [0.2, 0.25) is 0 Å². The SMILES string of the molecule is COc1cccc(C2CCc3cc(OC)c(Br)cc3N2C(=O)OC(C)(C)C)c1. The lowest BCUT2D eigenvalue weighted by atomic mass is 9.91. The number of fused-ring (bicyclic) bond motifs is 1. The van der Waals surface area contributed by atoms with Crippen LogP contribution in [0.4, 0.5) is 10.5 Å². The number of hydrogen-bond acceptors (Lipinski definition) is 4. The third-order valence-corrected chi connectivity index (χ3v) is 5.30. The van der Waals surface area contributed by atoms with Crippen molar-refractivity contribution in [2.24, 2.45) is 0 Å². The molecule has 1 aliphatic rings. The number of carbonyl (C=O) groups excluding carboxylic acids is 1. The van der Waals surface area contributed by atoms with E-state index in [-0.39, 0.29) is 12.1 Å². The van der Waals surface area contributed by atoms with E-state index in [2.05, 4.69) is 15.9 Å². The van der Waals surface area contributed by atoms with E-state index in [1.54, 1.807) is 19.1 Å². The van der Waals surface area contributed by atoms with E-state index < -0.39 is 5.60 Å². The molecule has 5 nitrogen and oxygen atoms in total. The number of methoxy groups -OCH3 is 2. The molecule has 1 heterocycles. The van der Waals surface area contributed by atoms with Gasteiger partial charge in [-0.1, -0.05) is 12.1 Å². The molecule has 6 heteroatoms. The molecule has 2 aromatic carbocycles. The monoisotopic (exact) mass is 447 g/mol. The second-order valence-corrected chi connectivity index (χ2v) is 8.65. The van der Waals surface area contributed by atoms with Crippen LogP contribution in [0, 0.1) is 0 Å². The molecule has 0 radical (unpaired) electrons. The van der Waals surface area contributed by atoms with Crippen LogP contribution in [0.25, 0.3) is 0 Å². The van der Waals surface area contributed by atoms with E-state index in [9.17, 15) is 4.79 Å². The third-order valence-electron chi connectivity index (χ3n) is 4.68. The molecule has 1 amide bonds. The van der Waals surface area contributed by atoms with E-state index in [0.717, 1.165) is 45.6 Å². The predicted octanol–water partition coefficient (Wildman–Crippen LogP) is 5.90. The molecule has 0 fully saturated rings. The molecule has 0 N–H and O–H groups in total. The van der Waals surface area contributed by atoms with Crippen LogP contribution >= 0.6 is 15.9 Å². The highest BCUT2D eigenvalue weighted by molar-refractivity contribution is 9.10. The first-order valence-corrected chi connectivity index (χ1v) is 10.1. The van der Waals surface area contributed by atoms with Gasteiger partial charge >= 0.3 is 6.09 Å². The molecule has 28 heavy (non-hydrogen) atoms. The summed E-state index contributed by atoms with van der Waals surface area (Å²) in [4.78, 5) is 15.0. The number of nitrogens with zero attached hydrogens (tertiary/aromatic N) is 1. The second-order valence-electron chi connectivity index (χ2n) is 7.80. The van der Waals surface area contributed by atoms with Gasteiger partial charge in [0.15, 0.2) is 0 Å². The Labute approximate surface area is 174 Å². The number of benzene rings is 2. The van der Waals surface area contributed by atoms with Crippen LogP contribution in [0.1, 0.15) is 44.4 Å². The zero-order valence-corrected chi connectivity index (χ0v) is 18.5. The van der Waals surface area contributed by atoms with Crippen molar-refractivity contribution in [1.82, 2.24) is 0 Å². The lowest BCUT2D eigenvalue weighted by Crippen LogP contribution is -2.42. The van der Waals surface area contributed by atoms with Gasteiger partial charge in [0, 0.05) is 0 Å². The van der Waals surface area contributed by atoms with Gasteiger partial charge in [0.25, 0.3) is 0 Å². The van der Waals surface area contributed by atoms with E-state index >= 15 is 0 Å². The van der Waals surface area contributed by atoms with E-state index in [1.165, 1.54) is 0 Å². The summed E-state index contributed by atoms with van der Waals surface area (Å²) in [5.41, 5.74) is 2.32. The maximum Gasteiger partial charge on any atom is 0.415 e. The predicted molar refractivity (Wildman–Crippen MR) is 113 cm³/mol. The van der Waals surface area contributed by atoms with Crippen molar-refractivity contribution < 1.29 is 19.0 Å². The van der Waals surface area contributed by atoms with Gasteiger partial charge in [-0.3, -0.25) is 4.90 Å². The highest BCUT2D eigenvalue weighted by atomic mass is 79.9. The molecule has 0 aliphatic carbocycles. The van der Waals surface area contributed by atoms with Gasteiger partial charge < -0.3 is 14.2 Å². The molecule has 0 bridgehead atoms. The fourth-order valence-electron chi connectivity index (χ4n) is 3.46. The van der Waals surface area contributed by atoms with Crippen molar-refractivity contribution in [3.05, 3.63) is 52.0 Å². The zero-order valence-electron chi connectivity index (χ0n) is 16.9. The molecule has 0 spiro atoms. The average molecular weight is 448 g/mol. The molecule has 1 atom stereocenters. The summed E-state index contributed by atoms with van der Waals surface area (Å²) in [6.07, 6.45) is 1.25. The topological polar surface area (TPSA) is 48.0 Å². The molecule has 1 unspecified atom stereocenters. The number of carbonyl (C=O) groups is 1. The molecule has 1 aliphatic heterocycles. The van der Waals surface area contributed by atoms with Gasteiger partial charge in [-0.2, -0.15) is 0 Å². The van der Waals surface area contributed by atoms with Gasteiger partial charge in [-0.15, -0.1) is 0 Å².